The molecule has 0 N–H and O–H groups in total. The van der Waals surface area contributed by atoms with E-state index in [1.807, 2.05) is 0 Å². The Morgan fingerprint density at radius 3 is 2.26 bits per heavy atom. The van der Waals surface area contributed by atoms with Gasteiger partial charge in [0.25, 0.3) is 0 Å². The zero-order chi connectivity index (χ0) is 13.3. The molecule has 0 amide bonds. The summed E-state index contributed by atoms with van der Waals surface area (Å²) in [4.78, 5) is 0. The van der Waals surface area contributed by atoms with E-state index in [0.29, 0.717) is 0 Å². The fraction of sp³-hybridized carbons (Fsp3) is 0.111. The lowest BCUT2D eigenvalue weighted by Crippen LogP contribution is -2.46. The minimum Gasteiger partial charge on any atom is -0.0623 e. The van der Waals surface area contributed by atoms with E-state index in [9.17, 15) is 0 Å². The highest BCUT2D eigenvalue weighted by molar-refractivity contribution is 6.97. The predicted molar refractivity (Wildman–Crippen MR) is 87.0 cm³/mol. The molecule has 0 fully saturated rings. The van der Waals surface area contributed by atoms with Gasteiger partial charge in [-0.2, -0.15) is 0 Å². The second kappa shape index (κ2) is 4.67. The number of hydrogen-bond donors (Lipinski definition) is 0. The summed E-state index contributed by atoms with van der Waals surface area (Å²) in [6, 6.07) is 19.4. The van der Waals surface area contributed by atoms with E-state index in [1.54, 1.807) is 5.19 Å². The van der Waals surface area contributed by atoms with Crippen molar-refractivity contribution in [1.29, 1.82) is 0 Å². The fourth-order valence-electron chi connectivity index (χ4n) is 2.71. The van der Waals surface area contributed by atoms with Gasteiger partial charge >= 0.3 is 0 Å². The van der Waals surface area contributed by atoms with Crippen LogP contribution in [0.3, 0.4) is 0 Å². The lowest BCUT2D eigenvalue weighted by molar-refractivity contribution is 1.59. The summed E-state index contributed by atoms with van der Waals surface area (Å²) in [5.74, 6) is 0. The van der Waals surface area contributed by atoms with Gasteiger partial charge in [-0.15, -0.1) is 0 Å². The molecular weight excluding hydrogens is 244 g/mol. The van der Waals surface area contributed by atoms with Gasteiger partial charge in [0.05, 0.1) is 0 Å². The van der Waals surface area contributed by atoms with Crippen molar-refractivity contribution in [3.05, 3.63) is 77.0 Å². The van der Waals surface area contributed by atoms with E-state index in [0.717, 1.165) is 0 Å². The fourth-order valence-corrected chi connectivity index (χ4v) is 5.45. The van der Waals surface area contributed by atoms with Crippen LogP contribution in [0.4, 0.5) is 0 Å². The van der Waals surface area contributed by atoms with Crippen LogP contribution in [-0.2, 0) is 0 Å². The molecule has 0 unspecified atom stereocenters. The third-order valence-electron chi connectivity index (χ3n) is 3.92. The van der Waals surface area contributed by atoms with Crippen molar-refractivity contribution in [3.8, 4) is 0 Å². The molecule has 2 aromatic carbocycles. The Morgan fingerprint density at radius 2 is 1.47 bits per heavy atom. The summed E-state index contributed by atoms with van der Waals surface area (Å²) >= 11 is 0. The first-order valence-corrected chi connectivity index (χ1v) is 9.73. The maximum Gasteiger partial charge on any atom is 0.113 e. The van der Waals surface area contributed by atoms with Gasteiger partial charge in [-0.25, -0.2) is 0 Å². The van der Waals surface area contributed by atoms with Gasteiger partial charge in [-0.1, -0.05) is 91.1 Å². The van der Waals surface area contributed by atoms with Crippen LogP contribution in [0, 0.1) is 0 Å². The first kappa shape index (κ1) is 12.2. The largest absolute Gasteiger partial charge is 0.113 e. The average Bonchev–Trinajstić information content (AvgIpc) is 2.44. The molecule has 0 spiro atoms. The molecule has 0 nitrogen and oxygen atoms in total. The average molecular weight is 262 g/mol. The van der Waals surface area contributed by atoms with Gasteiger partial charge in [-0.05, 0) is 16.3 Å². The van der Waals surface area contributed by atoms with Gasteiger partial charge in [0.15, 0.2) is 0 Å². The quantitative estimate of drug-likeness (QED) is 0.674. The summed E-state index contributed by atoms with van der Waals surface area (Å²) in [5, 5.41) is 3.04. The molecule has 0 aliphatic carbocycles. The lowest BCUT2D eigenvalue weighted by atomic mass is 10.1. The van der Waals surface area contributed by atoms with Crippen molar-refractivity contribution in [2.45, 2.75) is 13.1 Å². The maximum absolute atomic E-state index is 2.43. The molecule has 19 heavy (non-hydrogen) atoms. The molecule has 0 bridgehead atoms. The first-order chi connectivity index (χ1) is 9.18. The van der Waals surface area contributed by atoms with E-state index in [-0.39, 0.29) is 0 Å². The molecule has 1 aliphatic heterocycles. The maximum atomic E-state index is 2.43. The van der Waals surface area contributed by atoms with E-state index in [4.69, 9.17) is 0 Å². The predicted octanol–water partition coefficient (Wildman–Crippen LogP) is 4.25. The van der Waals surface area contributed by atoms with Gasteiger partial charge < -0.3 is 0 Å². The monoisotopic (exact) mass is 262 g/mol. The molecule has 2 aromatic rings. The topological polar surface area (TPSA) is 0 Å². The molecule has 0 aromatic heterocycles. The van der Waals surface area contributed by atoms with E-state index >= 15 is 0 Å². The molecule has 0 saturated heterocycles. The summed E-state index contributed by atoms with van der Waals surface area (Å²) in [5.41, 5.74) is 2.69. The summed E-state index contributed by atoms with van der Waals surface area (Å²) in [6.07, 6.45) is 6.91. The van der Waals surface area contributed by atoms with Gasteiger partial charge in [-0.3, -0.25) is 0 Å². The van der Waals surface area contributed by atoms with Crippen LogP contribution in [0.15, 0.2) is 65.9 Å². The molecular formula is C18H18Si. The third-order valence-corrected chi connectivity index (χ3v) is 7.48. The smallest absolute Gasteiger partial charge is 0.0623 e. The highest BCUT2D eigenvalue weighted by atomic mass is 28.3. The SMILES string of the molecule is C[Si]1(C)/C(=C/c2ccccc2)C=Cc2ccccc21. The van der Waals surface area contributed by atoms with E-state index in [1.165, 1.54) is 16.3 Å². The van der Waals surface area contributed by atoms with Gasteiger partial charge in [0.2, 0.25) is 0 Å². The number of hydrogen-bond acceptors (Lipinski definition) is 0. The van der Waals surface area contributed by atoms with Crippen LogP contribution >= 0.6 is 0 Å². The third kappa shape index (κ3) is 2.22. The second-order valence-electron chi connectivity index (χ2n) is 5.56. The Kier molecular flexibility index (Phi) is 3.00. The molecule has 1 heterocycles. The lowest BCUT2D eigenvalue weighted by Gasteiger charge is -2.30. The molecule has 94 valence electrons. The Balaban J connectivity index is 2.10. The number of allylic oxidation sites excluding steroid dienone is 2. The number of benzene rings is 2. The minimum atomic E-state index is -1.55. The zero-order valence-corrected chi connectivity index (χ0v) is 12.4. The van der Waals surface area contributed by atoms with Crippen molar-refractivity contribution in [2.24, 2.45) is 0 Å². The second-order valence-corrected chi connectivity index (χ2v) is 9.92. The molecule has 3 rings (SSSR count). The van der Waals surface area contributed by atoms with Crippen LogP contribution < -0.4 is 5.19 Å². The number of rotatable bonds is 1. The molecule has 0 atom stereocenters. The van der Waals surface area contributed by atoms with Crippen molar-refractivity contribution in [1.82, 2.24) is 0 Å². The van der Waals surface area contributed by atoms with Crippen LogP contribution in [0.1, 0.15) is 11.1 Å². The van der Waals surface area contributed by atoms with Crippen LogP contribution in [0.5, 0.6) is 0 Å². The Hall–Kier alpha value is -1.86. The molecule has 0 radical (unpaired) electrons. The highest BCUT2D eigenvalue weighted by Crippen LogP contribution is 2.26. The number of fused-ring (bicyclic) bond motifs is 1. The Morgan fingerprint density at radius 1 is 0.789 bits per heavy atom. The van der Waals surface area contributed by atoms with E-state index in [2.05, 4.69) is 85.9 Å². The van der Waals surface area contributed by atoms with Crippen molar-refractivity contribution >= 4 is 25.4 Å². The van der Waals surface area contributed by atoms with Gasteiger partial charge in [0, 0.05) is 0 Å². The van der Waals surface area contributed by atoms with Crippen LogP contribution in [-0.4, -0.2) is 8.07 Å². The van der Waals surface area contributed by atoms with Crippen molar-refractivity contribution < 1.29 is 0 Å². The summed E-state index contributed by atoms with van der Waals surface area (Å²) in [7, 11) is -1.55. The zero-order valence-electron chi connectivity index (χ0n) is 11.4. The standard InChI is InChI=1S/C18H18Si/c1-19(2)17(14-15-8-4-3-5-9-15)13-12-16-10-6-7-11-18(16)19/h3-14H,1-2H3/b17-14+. The van der Waals surface area contributed by atoms with E-state index < -0.39 is 8.07 Å². The van der Waals surface area contributed by atoms with Crippen molar-refractivity contribution in [3.63, 3.8) is 0 Å². The normalized spacial score (nSPS) is 18.3. The summed E-state index contributed by atoms with van der Waals surface area (Å²) in [6.45, 7) is 4.87. The van der Waals surface area contributed by atoms with Crippen LogP contribution in [0.25, 0.3) is 12.2 Å². The Labute approximate surface area is 116 Å². The highest BCUT2D eigenvalue weighted by Gasteiger charge is 2.30. The van der Waals surface area contributed by atoms with Crippen molar-refractivity contribution in [2.75, 3.05) is 0 Å². The first-order valence-electron chi connectivity index (χ1n) is 6.73. The summed E-state index contributed by atoms with van der Waals surface area (Å²) < 4.78 is 0. The van der Waals surface area contributed by atoms with Crippen LogP contribution in [0.2, 0.25) is 13.1 Å². The molecule has 1 aliphatic rings. The van der Waals surface area contributed by atoms with Gasteiger partial charge in [0.1, 0.15) is 8.07 Å². The minimum absolute atomic E-state index is 1.29. The molecule has 0 saturated carbocycles. The molecule has 1 heteroatoms. The Bertz CT molecular complexity index is 648.